The van der Waals surface area contributed by atoms with Crippen molar-refractivity contribution in [2.75, 3.05) is 60.5 Å². The summed E-state index contributed by atoms with van der Waals surface area (Å²) < 4.78 is 10.7. The second kappa shape index (κ2) is 10.2. The lowest BCUT2D eigenvalue weighted by Crippen LogP contribution is -2.51. The standard InChI is InChI=1S/C27H30N6O5/c1-31-10-12-32(13-11-31)25(35)22-6-7-23(38-3)21(29-22)8-9-27(16-28-26(36)30-27)17-33-15-18-4-5-19(37-2)14-20(18)24(33)34/h4-7,14H,10-13,15-17H2,1-3H3,(H2,28,30,36). The zero-order valence-corrected chi connectivity index (χ0v) is 21.7. The van der Waals surface area contributed by atoms with Gasteiger partial charge in [-0.25, -0.2) is 9.78 Å². The van der Waals surface area contributed by atoms with E-state index in [4.69, 9.17) is 9.47 Å². The number of aromatic nitrogens is 1. The highest BCUT2D eigenvalue weighted by Gasteiger charge is 2.41. The zero-order chi connectivity index (χ0) is 26.9. The van der Waals surface area contributed by atoms with E-state index in [1.165, 1.54) is 7.11 Å². The normalized spacial score (nSPS) is 20.8. The van der Waals surface area contributed by atoms with Crippen LogP contribution in [0, 0.1) is 11.8 Å². The number of ether oxygens (including phenoxy) is 2. The molecule has 0 saturated carbocycles. The first-order valence-corrected chi connectivity index (χ1v) is 12.4. The van der Waals surface area contributed by atoms with E-state index >= 15 is 0 Å². The minimum atomic E-state index is -1.05. The third-order valence-electron chi connectivity index (χ3n) is 7.07. The number of carbonyl (C=O) groups is 3. The second-order valence-electron chi connectivity index (χ2n) is 9.67. The number of nitrogens with zero attached hydrogens (tertiary/aromatic N) is 4. The maximum absolute atomic E-state index is 13.2. The average molecular weight is 519 g/mol. The van der Waals surface area contributed by atoms with Gasteiger partial charge < -0.3 is 34.8 Å². The molecule has 0 bridgehead atoms. The van der Waals surface area contributed by atoms with Gasteiger partial charge in [0.15, 0.2) is 11.4 Å². The van der Waals surface area contributed by atoms with Crippen LogP contribution in [0.3, 0.4) is 0 Å². The molecule has 11 heteroatoms. The summed E-state index contributed by atoms with van der Waals surface area (Å²) in [4.78, 5) is 48.5. The maximum atomic E-state index is 13.2. The Morgan fingerprint density at radius 1 is 1.11 bits per heavy atom. The number of fused-ring (bicyclic) bond motifs is 1. The van der Waals surface area contributed by atoms with Crippen molar-refractivity contribution in [2.45, 2.75) is 12.1 Å². The summed E-state index contributed by atoms with van der Waals surface area (Å²) in [6.07, 6.45) is 0. The van der Waals surface area contributed by atoms with Crippen molar-refractivity contribution in [3.05, 3.63) is 52.8 Å². The van der Waals surface area contributed by atoms with E-state index in [-0.39, 0.29) is 42.3 Å². The number of hydrogen-bond acceptors (Lipinski definition) is 7. The van der Waals surface area contributed by atoms with E-state index in [0.717, 1.165) is 18.7 Å². The summed E-state index contributed by atoms with van der Waals surface area (Å²) in [5, 5.41) is 5.63. The van der Waals surface area contributed by atoms with E-state index < -0.39 is 5.54 Å². The van der Waals surface area contributed by atoms with Gasteiger partial charge in [-0.1, -0.05) is 12.0 Å². The molecule has 1 aromatic carbocycles. The Hall–Kier alpha value is -4.30. The lowest BCUT2D eigenvalue weighted by atomic mass is 10.0. The van der Waals surface area contributed by atoms with Crippen molar-refractivity contribution in [3.8, 4) is 23.3 Å². The van der Waals surface area contributed by atoms with Crippen LogP contribution in [0.25, 0.3) is 0 Å². The Bertz CT molecular complexity index is 1340. The number of pyridine rings is 1. The number of piperazine rings is 1. The molecule has 5 rings (SSSR count). The number of urea groups is 1. The van der Waals surface area contributed by atoms with Gasteiger partial charge in [-0.05, 0) is 42.8 Å². The van der Waals surface area contributed by atoms with Gasteiger partial charge in [0, 0.05) is 38.3 Å². The number of carbonyl (C=O) groups excluding carboxylic acids is 3. The van der Waals surface area contributed by atoms with E-state index in [1.54, 1.807) is 35.1 Å². The van der Waals surface area contributed by atoms with Gasteiger partial charge in [0.1, 0.15) is 17.0 Å². The summed E-state index contributed by atoms with van der Waals surface area (Å²) in [5.41, 5.74) is 0.969. The molecule has 11 nitrogen and oxygen atoms in total. The van der Waals surface area contributed by atoms with Gasteiger partial charge in [0.2, 0.25) is 0 Å². The van der Waals surface area contributed by atoms with Crippen LogP contribution in [0.15, 0.2) is 30.3 Å². The molecule has 4 heterocycles. The lowest BCUT2D eigenvalue weighted by molar-refractivity contribution is 0.0657. The number of amides is 4. The van der Waals surface area contributed by atoms with E-state index in [1.807, 2.05) is 19.2 Å². The molecule has 2 saturated heterocycles. The summed E-state index contributed by atoms with van der Waals surface area (Å²) in [5.74, 6) is 6.85. The zero-order valence-electron chi connectivity index (χ0n) is 21.7. The molecule has 0 aliphatic carbocycles. The summed E-state index contributed by atoms with van der Waals surface area (Å²) in [6.45, 7) is 3.62. The van der Waals surface area contributed by atoms with Gasteiger partial charge >= 0.3 is 6.03 Å². The molecule has 3 aliphatic rings. The summed E-state index contributed by atoms with van der Waals surface area (Å²) >= 11 is 0. The number of nitrogens with one attached hydrogen (secondary N) is 2. The largest absolute Gasteiger partial charge is 0.497 e. The Labute approximate surface area is 221 Å². The highest BCUT2D eigenvalue weighted by atomic mass is 16.5. The molecule has 3 aliphatic heterocycles. The molecule has 1 aromatic heterocycles. The van der Waals surface area contributed by atoms with Crippen LogP contribution >= 0.6 is 0 Å². The van der Waals surface area contributed by atoms with Gasteiger partial charge in [0.05, 0.1) is 27.3 Å². The van der Waals surface area contributed by atoms with Crippen LogP contribution in [0.2, 0.25) is 0 Å². The highest BCUT2D eigenvalue weighted by molar-refractivity contribution is 5.99. The van der Waals surface area contributed by atoms with Crippen LogP contribution in [0.1, 0.15) is 32.1 Å². The van der Waals surface area contributed by atoms with Gasteiger partial charge in [-0.15, -0.1) is 0 Å². The Morgan fingerprint density at radius 2 is 1.89 bits per heavy atom. The Kier molecular flexibility index (Phi) is 6.82. The van der Waals surface area contributed by atoms with Gasteiger partial charge in [-0.3, -0.25) is 9.59 Å². The second-order valence-corrected chi connectivity index (χ2v) is 9.67. The quantitative estimate of drug-likeness (QED) is 0.556. The minimum Gasteiger partial charge on any atom is -0.497 e. The number of methoxy groups -OCH3 is 2. The summed E-state index contributed by atoms with van der Waals surface area (Å²) in [6, 6.07) is 8.34. The molecule has 2 aromatic rings. The average Bonchev–Trinajstić information content (AvgIpc) is 3.45. The Morgan fingerprint density at radius 3 is 2.58 bits per heavy atom. The molecule has 0 radical (unpaired) electrons. The SMILES string of the molecule is COc1ccc2c(c1)C(=O)N(CC1(C#Cc3nc(C(=O)N4CCN(C)CC4)ccc3OC)CNC(=O)N1)C2. The maximum Gasteiger partial charge on any atom is 0.316 e. The van der Waals surface area contributed by atoms with Gasteiger partial charge in [-0.2, -0.15) is 0 Å². The molecular formula is C27H30N6O5. The first-order valence-electron chi connectivity index (χ1n) is 12.4. The highest BCUT2D eigenvalue weighted by Crippen LogP contribution is 2.28. The van der Waals surface area contributed by atoms with Crippen LogP contribution in [0.4, 0.5) is 4.79 Å². The Balaban J connectivity index is 1.41. The van der Waals surface area contributed by atoms with Crippen molar-refractivity contribution in [3.63, 3.8) is 0 Å². The fourth-order valence-corrected chi connectivity index (χ4v) is 4.84. The molecule has 0 spiro atoms. The molecule has 1 atom stereocenters. The lowest BCUT2D eigenvalue weighted by Gasteiger charge is -2.32. The number of hydrogen-bond donors (Lipinski definition) is 2. The monoisotopic (exact) mass is 518 g/mol. The molecular weight excluding hydrogens is 488 g/mol. The van der Waals surface area contributed by atoms with Crippen molar-refractivity contribution >= 4 is 17.8 Å². The van der Waals surface area contributed by atoms with Crippen LogP contribution in [-0.4, -0.2) is 104 Å². The van der Waals surface area contributed by atoms with Crippen molar-refractivity contribution in [2.24, 2.45) is 0 Å². The van der Waals surface area contributed by atoms with Crippen LogP contribution in [-0.2, 0) is 6.54 Å². The van der Waals surface area contributed by atoms with Gasteiger partial charge in [0.25, 0.3) is 11.8 Å². The number of benzene rings is 1. The van der Waals surface area contributed by atoms with E-state index in [2.05, 4.69) is 32.4 Å². The molecule has 2 fully saturated rings. The molecule has 4 amide bonds. The smallest absolute Gasteiger partial charge is 0.316 e. The predicted molar refractivity (Wildman–Crippen MR) is 138 cm³/mol. The van der Waals surface area contributed by atoms with Crippen molar-refractivity contribution in [1.29, 1.82) is 0 Å². The first kappa shape index (κ1) is 25.4. The minimum absolute atomic E-state index is 0.156. The molecule has 198 valence electrons. The predicted octanol–water partition coefficient (Wildman–Crippen LogP) is 0.546. The molecule has 2 N–H and O–H groups in total. The topological polar surface area (TPSA) is 116 Å². The van der Waals surface area contributed by atoms with Crippen LogP contribution < -0.4 is 20.1 Å². The number of likely N-dealkylation sites (N-methyl/N-ethyl adjacent to an activating group) is 1. The molecule has 1 unspecified atom stereocenters. The molecule has 38 heavy (non-hydrogen) atoms. The fourth-order valence-electron chi connectivity index (χ4n) is 4.84. The van der Waals surface area contributed by atoms with E-state index in [0.29, 0.717) is 36.7 Å². The third kappa shape index (κ3) is 4.95. The summed E-state index contributed by atoms with van der Waals surface area (Å²) in [7, 11) is 5.09. The van der Waals surface area contributed by atoms with Crippen LogP contribution in [0.5, 0.6) is 11.5 Å². The number of rotatable bonds is 5. The third-order valence-corrected chi connectivity index (χ3v) is 7.07. The van der Waals surface area contributed by atoms with Crippen molar-refractivity contribution in [1.82, 2.24) is 30.3 Å². The van der Waals surface area contributed by atoms with Crippen molar-refractivity contribution < 1.29 is 23.9 Å². The van der Waals surface area contributed by atoms with E-state index in [9.17, 15) is 14.4 Å². The first-order chi connectivity index (χ1) is 18.3. The fraction of sp³-hybridized carbons (Fsp3) is 0.407.